The summed E-state index contributed by atoms with van der Waals surface area (Å²) in [5, 5.41) is 11.9. The van der Waals surface area contributed by atoms with Gasteiger partial charge in [0.2, 0.25) is 0 Å². The van der Waals surface area contributed by atoms with Crippen LogP contribution in [0.25, 0.3) is 0 Å². The zero-order valence-corrected chi connectivity index (χ0v) is 5.93. The summed E-state index contributed by atoms with van der Waals surface area (Å²) < 4.78 is 0. The fraction of sp³-hybridized carbons (Fsp3) is 1.00. The van der Waals surface area contributed by atoms with E-state index in [1.165, 1.54) is 0 Å². The van der Waals surface area contributed by atoms with Gasteiger partial charge in [0.05, 0.1) is 6.10 Å². The summed E-state index contributed by atoms with van der Waals surface area (Å²) in [6.45, 7) is 4.14. The maximum absolute atomic E-state index is 8.78. The van der Waals surface area contributed by atoms with Crippen molar-refractivity contribution in [3.8, 4) is 0 Å². The van der Waals surface area contributed by atoms with E-state index in [0.717, 1.165) is 19.5 Å². The maximum Gasteiger partial charge on any atom is 0.0524 e. The summed E-state index contributed by atoms with van der Waals surface area (Å²) >= 11 is 0. The highest BCUT2D eigenvalue weighted by Gasteiger charge is 1.92. The molecule has 4 N–H and O–H groups in total. The fourth-order valence-electron chi connectivity index (χ4n) is 0.538. The highest BCUT2D eigenvalue weighted by molar-refractivity contribution is 4.51. The Bertz CT molecular complexity index is 57.0. The van der Waals surface area contributed by atoms with Crippen LogP contribution in [0.1, 0.15) is 13.3 Å². The smallest absolute Gasteiger partial charge is 0.0524 e. The molecule has 0 unspecified atom stereocenters. The SMILES string of the molecule is C[C@H](O)CCNCCN. The van der Waals surface area contributed by atoms with Gasteiger partial charge in [0.25, 0.3) is 0 Å². The molecule has 0 saturated carbocycles. The van der Waals surface area contributed by atoms with Gasteiger partial charge in [-0.2, -0.15) is 0 Å². The van der Waals surface area contributed by atoms with E-state index in [0.29, 0.717) is 6.54 Å². The molecule has 0 radical (unpaired) electrons. The minimum atomic E-state index is -0.199. The molecular formula is C6H16N2O. The molecule has 0 rings (SSSR count). The lowest BCUT2D eigenvalue weighted by Crippen LogP contribution is -2.25. The van der Waals surface area contributed by atoms with Gasteiger partial charge in [-0.15, -0.1) is 0 Å². The monoisotopic (exact) mass is 132 g/mol. The van der Waals surface area contributed by atoms with Crippen molar-refractivity contribution in [2.24, 2.45) is 5.73 Å². The molecule has 0 aliphatic heterocycles. The number of nitrogens with two attached hydrogens (primary N) is 1. The average Bonchev–Trinajstić information content (AvgIpc) is 1.80. The van der Waals surface area contributed by atoms with E-state index >= 15 is 0 Å². The van der Waals surface area contributed by atoms with Crippen molar-refractivity contribution in [2.75, 3.05) is 19.6 Å². The van der Waals surface area contributed by atoms with Gasteiger partial charge in [0, 0.05) is 13.1 Å². The van der Waals surface area contributed by atoms with Gasteiger partial charge in [-0.1, -0.05) is 0 Å². The van der Waals surface area contributed by atoms with Crippen LogP contribution < -0.4 is 11.1 Å². The van der Waals surface area contributed by atoms with Crippen LogP contribution in [0, 0.1) is 0 Å². The minimum absolute atomic E-state index is 0.199. The molecule has 0 aliphatic carbocycles. The van der Waals surface area contributed by atoms with E-state index < -0.39 is 0 Å². The van der Waals surface area contributed by atoms with Crippen molar-refractivity contribution in [3.05, 3.63) is 0 Å². The minimum Gasteiger partial charge on any atom is -0.393 e. The lowest BCUT2D eigenvalue weighted by atomic mass is 10.3. The Morgan fingerprint density at radius 1 is 1.56 bits per heavy atom. The summed E-state index contributed by atoms with van der Waals surface area (Å²) in [4.78, 5) is 0. The van der Waals surface area contributed by atoms with Crippen molar-refractivity contribution >= 4 is 0 Å². The van der Waals surface area contributed by atoms with Gasteiger partial charge in [-0.3, -0.25) is 0 Å². The van der Waals surface area contributed by atoms with E-state index in [-0.39, 0.29) is 6.10 Å². The summed E-state index contributed by atoms with van der Waals surface area (Å²) in [5.41, 5.74) is 5.22. The standard InChI is InChI=1S/C6H16N2O/c1-6(9)2-4-8-5-3-7/h6,8-9H,2-5,7H2,1H3/t6-/m0/s1. The second kappa shape index (κ2) is 6.01. The third kappa shape index (κ3) is 7.88. The molecule has 0 aromatic heterocycles. The van der Waals surface area contributed by atoms with Crippen molar-refractivity contribution in [2.45, 2.75) is 19.4 Å². The van der Waals surface area contributed by atoms with Crippen LogP contribution in [0.3, 0.4) is 0 Å². The van der Waals surface area contributed by atoms with E-state index in [1.807, 2.05) is 0 Å². The van der Waals surface area contributed by atoms with Crippen molar-refractivity contribution in [1.29, 1.82) is 0 Å². The summed E-state index contributed by atoms with van der Waals surface area (Å²) in [6.07, 6.45) is 0.607. The van der Waals surface area contributed by atoms with E-state index in [1.54, 1.807) is 6.92 Å². The highest BCUT2D eigenvalue weighted by atomic mass is 16.3. The average molecular weight is 132 g/mol. The van der Waals surface area contributed by atoms with Crippen LogP contribution in [0.2, 0.25) is 0 Å². The number of aliphatic hydroxyl groups excluding tert-OH is 1. The van der Waals surface area contributed by atoms with Gasteiger partial charge in [0.1, 0.15) is 0 Å². The molecule has 0 spiro atoms. The first-order chi connectivity index (χ1) is 4.27. The molecule has 0 saturated heterocycles. The second-order valence-electron chi connectivity index (χ2n) is 2.18. The second-order valence-corrected chi connectivity index (χ2v) is 2.18. The quantitative estimate of drug-likeness (QED) is 0.434. The number of nitrogens with one attached hydrogen (secondary N) is 1. The Morgan fingerprint density at radius 2 is 2.22 bits per heavy atom. The number of hydrogen-bond donors (Lipinski definition) is 3. The van der Waals surface area contributed by atoms with Gasteiger partial charge in [-0.25, -0.2) is 0 Å². The molecular weight excluding hydrogens is 116 g/mol. The molecule has 3 heteroatoms. The molecule has 0 bridgehead atoms. The Labute approximate surface area is 56.2 Å². The summed E-state index contributed by atoms with van der Waals surface area (Å²) in [5.74, 6) is 0. The number of rotatable bonds is 5. The molecule has 3 nitrogen and oxygen atoms in total. The topological polar surface area (TPSA) is 58.3 Å². The number of hydrogen-bond acceptors (Lipinski definition) is 3. The molecule has 1 atom stereocenters. The summed E-state index contributed by atoms with van der Waals surface area (Å²) in [7, 11) is 0. The van der Waals surface area contributed by atoms with Crippen LogP contribution in [0.4, 0.5) is 0 Å². The third-order valence-electron chi connectivity index (χ3n) is 1.06. The highest BCUT2D eigenvalue weighted by Crippen LogP contribution is 1.84. The van der Waals surface area contributed by atoms with Crippen molar-refractivity contribution in [3.63, 3.8) is 0 Å². The number of aliphatic hydroxyl groups is 1. The zero-order chi connectivity index (χ0) is 7.11. The molecule has 9 heavy (non-hydrogen) atoms. The molecule has 0 amide bonds. The van der Waals surface area contributed by atoms with Gasteiger partial charge in [-0.05, 0) is 19.9 Å². The maximum atomic E-state index is 8.78. The first kappa shape index (κ1) is 8.88. The summed E-state index contributed by atoms with van der Waals surface area (Å²) in [6, 6.07) is 0. The predicted molar refractivity (Wildman–Crippen MR) is 38.2 cm³/mol. The largest absolute Gasteiger partial charge is 0.393 e. The first-order valence-corrected chi connectivity index (χ1v) is 3.36. The van der Waals surface area contributed by atoms with Gasteiger partial charge >= 0.3 is 0 Å². The lowest BCUT2D eigenvalue weighted by Gasteiger charge is -2.03. The first-order valence-electron chi connectivity index (χ1n) is 3.36. The molecule has 0 heterocycles. The van der Waals surface area contributed by atoms with Crippen LogP contribution >= 0.6 is 0 Å². The Kier molecular flexibility index (Phi) is 5.93. The van der Waals surface area contributed by atoms with Crippen LogP contribution in [0.5, 0.6) is 0 Å². The van der Waals surface area contributed by atoms with Crippen molar-refractivity contribution in [1.82, 2.24) is 5.32 Å². The molecule has 0 aromatic carbocycles. The van der Waals surface area contributed by atoms with Crippen LogP contribution in [0.15, 0.2) is 0 Å². The fourth-order valence-corrected chi connectivity index (χ4v) is 0.538. The van der Waals surface area contributed by atoms with Gasteiger partial charge < -0.3 is 16.2 Å². The predicted octanol–water partition coefficient (Wildman–Crippen LogP) is -0.694. The molecule has 56 valence electrons. The van der Waals surface area contributed by atoms with Crippen molar-refractivity contribution < 1.29 is 5.11 Å². The van der Waals surface area contributed by atoms with Crippen LogP contribution in [-0.4, -0.2) is 30.8 Å². The van der Waals surface area contributed by atoms with E-state index in [2.05, 4.69) is 5.32 Å². The lowest BCUT2D eigenvalue weighted by molar-refractivity contribution is 0.184. The molecule has 0 aliphatic rings. The normalized spacial score (nSPS) is 13.7. The molecule has 0 aromatic rings. The Balaban J connectivity index is 2.75. The Hall–Kier alpha value is -0.120. The van der Waals surface area contributed by atoms with Gasteiger partial charge in [0.15, 0.2) is 0 Å². The molecule has 0 fully saturated rings. The van der Waals surface area contributed by atoms with Crippen LogP contribution in [-0.2, 0) is 0 Å². The zero-order valence-electron chi connectivity index (χ0n) is 5.93. The van der Waals surface area contributed by atoms with E-state index in [4.69, 9.17) is 10.8 Å². The van der Waals surface area contributed by atoms with E-state index in [9.17, 15) is 0 Å². The Morgan fingerprint density at radius 3 is 2.67 bits per heavy atom. The third-order valence-corrected chi connectivity index (χ3v) is 1.06.